The van der Waals surface area contributed by atoms with Crippen molar-refractivity contribution in [1.29, 1.82) is 5.26 Å². The molecule has 0 bridgehead atoms. The molecule has 0 unspecified atom stereocenters. The summed E-state index contributed by atoms with van der Waals surface area (Å²) in [6.07, 6.45) is 2.38. The Morgan fingerprint density at radius 1 is 1.26 bits per heavy atom. The molecule has 1 saturated heterocycles. The van der Waals surface area contributed by atoms with Crippen molar-refractivity contribution in [2.75, 3.05) is 23.3 Å². The van der Waals surface area contributed by atoms with Crippen molar-refractivity contribution in [2.24, 2.45) is 0 Å². The maximum Gasteiger partial charge on any atom is 0.225 e. The smallest absolute Gasteiger partial charge is 0.225 e. The lowest BCUT2D eigenvalue weighted by molar-refractivity contribution is 0.864. The number of rotatable bonds is 4. The van der Waals surface area contributed by atoms with E-state index in [4.69, 9.17) is 16.9 Å². The van der Waals surface area contributed by atoms with Crippen LogP contribution in [0.3, 0.4) is 0 Å². The second-order valence-corrected chi connectivity index (χ2v) is 5.89. The largest absolute Gasteiger partial charge is 0.364 e. The first-order valence-electron chi connectivity index (χ1n) is 7.56. The van der Waals surface area contributed by atoms with Gasteiger partial charge < -0.3 is 10.2 Å². The molecule has 1 aliphatic rings. The highest BCUT2D eigenvalue weighted by molar-refractivity contribution is 6.31. The number of aromatic nitrogens is 3. The molecular formula is C16H17ClN6. The Morgan fingerprint density at radius 3 is 2.78 bits per heavy atom. The molecule has 23 heavy (non-hydrogen) atoms. The van der Waals surface area contributed by atoms with Gasteiger partial charge in [-0.15, -0.1) is 0 Å². The first-order valence-corrected chi connectivity index (χ1v) is 7.93. The molecule has 0 aromatic carbocycles. The molecule has 2 aromatic rings. The Labute approximate surface area is 140 Å². The predicted molar refractivity (Wildman–Crippen MR) is 89.5 cm³/mol. The van der Waals surface area contributed by atoms with E-state index in [1.54, 1.807) is 12.1 Å². The van der Waals surface area contributed by atoms with E-state index < -0.39 is 0 Å². The fraction of sp³-hybridized carbons (Fsp3) is 0.375. The van der Waals surface area contributed by atoms with Gasteiger partial charge in [0.1, 0.15) is 11.9 Å². The van der Waals surface area contributed by atoms with Crippen LogP contribution >= 0.6 is 11.6 Å². The summed E-state index contributed by atoms with van der Waals surface area (Å²) in [6.45, 7) is 4.52. The van der Waals surface area contributed by atoms with Gasteiger partial charge in [0.2, 0.25) is 5.95 Å². The van der Waals surface area contributed by atoms with Gasteiger partial charge in [0.15, 0.2) is 5.69 Å². The van der Waals surface area contributed by atoms with Gasteiger partial charge in [-0.25, -0.2) is 15.0 Å². The lowest BCUT2D eigenvalue weighted by Crippen LogP contribution is -2.21. The summed E-state index contributed by atoms with van der Waals surface area (Å²) in [5.41, 5.74) is 2.06. The van der Waals surface area contributed by atoms with Crippen LogP contribution in [0.2, 0.25) is 5.02 Å². The van der Waals surface area contributed by atoms with E-state index in [9.17, 15) is 0 Å². The van der Waals surface area contributed by atoms with Gasteiger partial charge in [0.05, 0.1) is 17.3 Å². The molecule has 1 fully saturated rings. The quantitative estimate of drug-likeness (QED) is 0.929. The van der Waals surface area contributed by atoms with Crippen molar-refractivity contribution in [2.45, 2.75) is 26.3 Å². The van der Waals surface area contributed by atoms with Crippen LogP contribution in [0.5, 0.6) is 0 Å². The van der Waals surface area contributed by atoms with Crippen LogP contribution in [-0.2, 0) is 6.54 Å². The summed E-state index contributed by atoms with van der Waals surface area (Å²) >= 11 is 5.89. The van der Waals surface area contributed by atoms with Crippen LogP contribution in [-0.4, -0.2) is 28.0 Å². The first kappa shape index (κ1) is 15.5. The average Bonchev–Trinajstić information content (AvgIpc) is 3.08. The van der Waals surface area contributed by atoms with Gasteiger partial charge in [-0.2, -0.15) is 5.26 Å². The summed E-state index contributed by atoms with van der Waals surface area (Å²) in [5, 5.41) is 12.5. The Bertz CT molecular complexity index is 749. The molecule has 6 nitrogen and oxygen atoms in total. The zero-order chi connectivity index (χ0) is 16.2. The number of hydrogen-bond donors (Lipinski definition) is 1. The summed E-state index contributed by atoms with van der Waals surface area (Å²) in [6, 6.07) is 7.34. The SMILES string of the molecule is Cc1cc(CNc2ccc(Cl)c(C#N)n2)nc(N2CCCC2)n1. The number of pyridine rings is 1. The lowest BCUT2D eigenvalue weighted by Gasteiger charge is -2.16. The van der Waals surface area contributed by atoms with E-state index in [2.05, 4.69) is 25.2 Å². The van der Waals surface area contributed by atoms with Crippen molar-refractivity contribution in [3.05, 3.63) is 40.3 Å². The van der Waals surface area contributed by atoms with Crippen LogP contribution in [0.15, 0.2) is 18.2 Å². The Hall–Kier alpha value is -2.39. The zero-order valence-corrected chi connectivity index (χ0v) is 13.6. The summed E-state index contributed by atoms with van der Waals surface area (Å²) in [5.74, 6) is 1.39. The van der Waals surface area contributed by atoms with Crippen LogP contribution in [0.25, 0.3) is 0 Å². The maximum atomic E-state index is 8.97. The molecule has 7 heteroatoms. The van der Waals surface area contributed by atoms with E-state index >= 15 is 0 Å². The third kappa shape index (κ3) is 3.69. The standard InChI is InChI=1S/C16H17ClN6/c1-11-8-12(21-16(20-11)23-6-2-3-7-23)10-19-15-5-4-13(17)14(9-18)22-15/h4-5,8H,2-3,6-7,10H2,1H3,(H,19,22). The molecule has 1 N–H and O–H groups in total. The van der Waals surface area contributed by atoms with E-state index in [0.29, 0.717) is 17.4 Å². The minimum Gasteiger partial charge on any atom is -0.364 e. The topological polar surface area (TPSA) is 77.7 Å². The summed E-state index contributed by atoms with van der Waals surface area (Å²) in [7, 11) is 0. The molecular weight excluding hydrogens is 312 g/mol. The van der Waals surface area contributed by atoms with Gasteiger partial charge in [-0.1, -0.05) is 11.6 Å². The normalized spacial score (nSPS) is 13.9. The summed E-state index contributed by atoms with van der Waals surface area (Å²) in [4.78, 5) is 15.5. The molecule has 3 rings (SSSR count). The molecule has 1 aliphatic heterocycles. The number of nitriles is 1. The number of halogens is 1. The van der Waals surface area contributed by atoms with Crippen molar-refractivity contribution in [1.82, 2.24) is 15.0 Å². The Balaban J connectivity index is 1.74. The number of anilines is 2. The van der Waals surface area contributed by atoms with Crippen LogP contribution in [0.4, 0.5) is 11.8 Å². The van der Waals surface area contributed by atoms with Gasteiger partial charge >= 0.3 is 0 Å². The third-order valence-corrected chi connectivity index (χ3v) is 3.99. The molecule has 0 spiro atoms. The van der Waals surface area contributed by atoms with Crippen molar-refractivity contribution >= 4 is 23.4 Å². The van der Waals surface area contributed by atoms with Crippen LogP contribution in [0, 0.1) is 18.3 Å². The minimum absolute atomic E-state index is 0.216. The fourth-order valence-electron chi connectivity index (χ4n) is 2.57. The molecule has 0 atom stereocenters. The van der Waals surface area contributed by atoms with E-state index in [1.807, 2.05) is 19.1 Å². The molecule has 3 heterocycles. The minimum atomic E-state index is 0.216. The molecule has 2 aromatic heterocycles. The van der Waals surface area contributed by atoms with Gasteiger partial charge in [-0.05, 0) is 38.0 Å². The average molecular weight is 329 g/mol. The number of hydrogen-bond acceptors (Lipinski definition) is 6. The van der Waals surface area contributed by atoms with Gasteiger partial charge in [0, 0.05) is 18.8 Å². The van der Waals surface area contributed by atoms with Crippen molar-refractivity contribution < 1.29 is 0 Å². The lowest BCUT2D eigenvalue weighted by atomic mass is 10.3. The zero-order valence-electron chi connectivity index (χ0n) is 12.9. The van der Waals surface area contributed by atoms with E-state index in [-0.39, 0.29) is 5.69 Å². The molecule has 0 radical (unpaired) electrons. The highest BCUT2D eigenvalue weighted by Gasteiger charge is 2.15. The van der Waals surface area contributed by atoms with Crippen LogP contribution < -0.4 is 10.2 Å². The molecule has 0 aliphatic carbocycles. The highest BCUT2D eigenvalue weighted by Crippen LogP contribution is 2.18. The molecule has 0 saturated carbocycles. The van der Waals surface area contributed by atoms with E-state index in [1.165, 1.54) is 12.8 Å². The number of nitrogens with one attached hydrogen (secondary N) is 1. The second kappa shape index (κ2) is 6.80. The monoisotopic (exact) mass is 328 g/mol. The Kier molecular flexibility index (Phi) is 4.58. The number of aryl methyl sites for hydroxylation is 1. The maximum absolute atomic E-state index is 8.97. The Morgan fingerprint density at radius 2 is 2.04 bits per heavy atom. The van der Waals surface area contributed by atoms with Gasteiger partial charge in [0.25, 0.3) is 0 Å². The third-order valence-electron chi connectivity index (χ3n) is 3.69. The fourth-order valence-corrected chi connectivity index (χ4v) is 2.71. The first-order chi connectivity index (χ1) is 11.2. The van der Waals surface area contributed by atoms with Crippen molar-refractivity contribution in [3.8, 4) is 6.07 Å². The summed E-state index contributed by atoms with van der Waals surface area (Å²) < 4.78 is 0. The highest BCUT2D eigenvalue weighted by atomic mass is 35.5. The number of nitrogens with zero attached hydrogens (tertiary/aromatic N) is 5. The molecule has 118 valence electrons. The molecule has 0 amide bonds. The van der Waals surface area contributed by atoms with Gasteiger partial charge in [-0.3, -0.25) is 0 Å². The van der Waals surface area contributed by atoms with Crippen LogP contribution in [0.1, 0.15) is 29.9 Å². The van der Waals surface area contributed by atoms with E-state index in [0.717, 1.165) is 30.4 Å². The second-order valence-electron chi connectivity index (χ2n) is 5.49. The van der Waals surface area contributed by atoms with Crippen molar-refractivity contribution in [3.63, 3.8) is 0 Å². The predicted octanol–water partition coefficient (Wildman–Crippen LogP) is 2.92.